The summed E-state index contributed by atoms with van der Waals surface area (Å²) in [6, 6.07) is 11.8. The van der Waals surface area contributed by atoms with E-state index in [0.29, 0.717) is 64.2 Å². The van der Waals surface area contributed by atoms with Gasteiger partial charge in [-0.2, -0.15) is 4.31 Å². The highest BCUT2D eigenvalue weighted by Gasteiger charge is 2.40. The summed E-state index contributed by atoms with van der Waals surface area (Å²) < 4.78 is 42.6. The molecular formula is C29H35FN4O4S. The fraction of sp³-hybridized carbons (Fsp3) is 0.517. The molecule has 0 bridgehead atoms. The largest absolute Gasteiger partial charge is 0.366 e. The molecule has 0 N–H and O–H groups in total. The van der Waals surface area contributed by atoms with Gasteiger partial charge in [-0.3, -0.25) is 9.59 Å². The molecule has 1 saturated carbocycles. The van der Waals surface area contributed by atoms with Crippen LogP contribution < -0.4 is 9.80 Å². The Hall–Kier alpha value is -2.98. The molecule has 1 aliphatic carbocycles. The predicted molar refractivity (Wildman–Crippen MR) is 146 cm³/mol. The third-order valence-electron chi connectivity index (χ3n) is 8.66. The molecule has 10 heteroatoms. The number of benzene rings is 2. The van der Waals surface area contributed by atoms with Crippen molar-refractivity contribution >= 4 is 33.2 Å². The fourth-order valence-electron chi connectivity index (χ4n) is 6.26. The lowest BCUT2D eigenvalue weighted by Crippen LogP contribution is -2.52. The molecule has 4 aliphatic rings. The molecule has 2 amide bonds. The van der Waals surface area contributed by atoms with E-state index in [1.54, 1.807) is 30.3 Å². The number of hydrogen-bond donors (Lipinski definition) is 0. The highest BCUT2D eigenvalue weighted by Crippen LogP contribution is 2.40. The Morgan fingerprint density at radius 1 is 0.821 bits per heavy atom. The molecule has 2 aromatic carbocycles. The van der Waals surface area contributed by atoms with Gasteiger partial charge in [0, 0.05) is 62.8 Å². The first kappa shape index (κ1) is 26.3. The molecule has 3 fully saturated rings. The first-order valence-electron chi connectivity index (χ1n) is 14.0. The Labute approximate surface area is 229 Å². The van der Waals surface area contributed by atoms with Crippen molar-refractivity contribution in [3.05, 3.63) is 53.8 Å². The highest BCUT2D eigenvalue weighted by atomic mass is 32.2. The van der Waals surface area contributed by atoms with Crippen LogP contribution in [0.25, 0.3) is 0 Å². The molecule has 3 heterocycles. The normalized spacial score (nSPS) is 22.7. The van der Waals surface area contributed by atoms with Crippen LogP contribution in [0, 0.1) is 17.7 Å². The number of carbonyl (C=O) groups is 2. The predicted octanol–water partition coefficient (Wildman–Crippen LogP) is 3.26. The number of piperidine rings is 1. The maximum absolute atomic E-state index is 14.1. The van der Waals surface area contributed by atoms with Gasteiger partial charge >= 0.3 is 0 Å². The number of rotatable bonds is 5. The summed E-state index contributed by atoms with van der Waals surface area (Å²) in [4.78, 5) is 31.9. The average molecular weight is 555 g/mol. The van der Waals surface area contributed by atoms with Gasteiger partial charge in [0.1, 0.15) is 5.82 Å². The van der Waals surface area contributed by atoms with E-state index in [4.69, 9.17) is 0 Å². The Morgan fingerprint density at radius 2 is 1.49 bits per heavy atom. The van der Waals surface area contributed by atoms with E-state index in [2.05, 4.69) is 0 Å². The topological polar surface area (TPSA) is 81.2 Å². The van der Waals surface area contributed by atoms with Gasteiger partial charge in [-0.05, 0) is 74.9 Å². The van der Waals surface area contributed by atoms with Gasteiger partial charge in [-0.25, -0.2) is 12.8 Å². The van der Waals surface area contributed by atoms with Gasteiger partial charge in [-0.15, -0.1) is 0 Å². The minimum Gasteiger partial charge on any atom is -0.366 e. The van der Waals surface area contributed by atoms with Gasteiger partial charge in [0.25, 0.3) is 0 Å². The monoisotopic (exact) mass is 554 g/mol. The van der Waals surface area contributed by atoms with Crippen molar-refractivity contribution in [3.63, 3.8) is 0 Å². The Bertz CT molecular complexity index is 1380. The number of amides is 2. The summed E-state index contributed by atoms with van der Waals surface area (Å²) in [6.45, 7) is 4.80. The zero-order valence-electron chi connectivity index (χ0n) is 22.3. The van der Waals surface area contributed by atoms with Crippen LogP contribution in [0.2, 0.25) is 0 Å². The number of carbonyl (C=O) groups excluding carboxylic acids is 2. The van der Waals surface area contributed by atoms with E-state index in [1.807, 2.05) is 27.7 Å². The number of piperazine rings is 1. The van der Waals surface area contributed by atoms with Gasteiger partial charge in [0.15, 0.2) is 0 Å². The van der Waals surface area contributed by atoms with Crippen LogP contribution in [0.3, 0.4) is 0 Å². The minimum atomic E-state index is -3.70. The van der Waals surface area contributed by atoms with Crippen LogP contribution in [0.4, 0.5) is 15.8 Å². The Kier molecular flexibility index (Phi) is 6.87. The minimum absolute atomic E-state index is 0.0291. The molecule has 208 valence electrons. The fourth-order valence-corrected chi connectivity index (χ4v) is 7.78. The lowest BCUT2D eigenvalue weighted by atomic mass is 9.96. The Balaban J connectivity index is 1.06. The number of fused-ring (bicyclic) bond motifs is 1. The molecule has 0 spiro atoms. The van der Waals surface area contributed by atoms with Gasteiger partial charge in [0.05, 0.1) is 10.6 Å². The number of sulfonamides is 1. The van der Waals surface area contributed by atoms with Crippen molar-refractivity contribution < 1.29 is 22.4 Å². The zero-order chi connectivity index (χ0) is 27.3. The second-order valence-corrected chi connectivity index (χ2v) is 13.2. The van der Waals surface area contributed by atoms with Crippen molar-refractivity contribution in [2.45, 2.75) is 50.0 Å². The molecule has 8 nitrogen and oxygen atoms in total. The zero-order valence-corrected chi connectivity index (χ0v) is 23.1. The maximum Gasteiger partial charge on any atom is 0.243 e. The van der Waals surface area contributed by atoms with Crippen LogP contribution in [0.15, 0.2) is 47.4 Å². The van der Waals surface area contributed by atoms with Gasteiger partial charge < -0.3 is 14.7 Å². The molecule has 2 saturated heterocycles. The second kappa shape index (κ2) is 10.2. The SMILES string of the molecule is CC1Cc2cc(S(=O)(=O)N3CCC(C(=O)N4CCN(c5ccccc5F)CC4)CC3)ccc2N1C(=O)C1CC1. The smallest absolute Gasteiger partial charge is 0.243 e. The average Bonchev–Trinajstić information content (AvgIpc) is 3.74. The van der Waals surface area contributed by atoms with Crippen LogP contribution >= 0.6 is 0 Å². The highest BCUT2D eigenvalue weighted by molar-refractivity contribution is 7.89. The van der Waals surface area contributed by atoms with Crippen LogP contribution in [0.1, 0.15) is 38.2 Å². The summed E-state index contributed by atoms with van der Waals surface area (Å²) in [6.07, 6.45) is 3.49. The molecule has 0 aromatic heterocycles. The first-order valence-corrected chi connectivity index (χ1v) is 15.4. The van der Waals surface area contributed by atoms with E-state index in [0.717, 1.165) is 24.1 Å². The first-order chi connectivity index (χ1) is 18.7. The molecule has 1 unspecified atom stereocenters. The van der Waals surface area contributed by atoms with E-state index in [-0.39, 0.29) is 40.4 Å². The lowest BCUT2D eigenvalue weighted by molar-refractivity contribution is -0.137. The molecule has 2 aromatic rings. The van der Waals surface area contributed by atoms with Gasteiger partial charge in [0.2, 0.25) is 21.8 Å². The maximum atomic E-state index is 14.1. The third-order valence-corrected chi connectivity index (χ3v) is 10.6. The van der Waals surface area contributed by atoms with E-state index in [9.17, 15) is 22.4 Å². The number of hydrogen-bond acceptors (Lipinski definition) is 5. The summed E-state index contributed by atoms with van der Waals surface area (Å²) in [7, 11) is -3.70. The van der Waals surface area contributed by atoms with E-state index >= 15 is 0 Å². The van der Waals surface area contributed by atoms with Crippen molar-refractivity contribution in [2.24, 2.45) is 11.8 Å². The summed E-state index contributed by atoms with van der Waals surface area (Å²) >= 11 is 0. The molecule has 6 rings (SSSR count). The number of anilines is 2. The lowest BCUT2D eigenvalue weighted by Gasteiger charge is -2.39. The van der Waals surface area contributed by atoms with Crippen molar-refractivity contribution in [1.29, 1.82) is 0 Å². The molecule has 3 aliphatic heterocycles. The standard InChI is InChI=1S/C29H35FN4O4S/c1-20-18-23-19-24(8-9-26(23)34(20)29(36)21-6-7-21)39(37,38)33-12-10-22(11-13-33)28(35)32-16-14-31(15-17-32)27-5-3-2-4-25(27)30/h2-5,8-9,19-22H,6-7,10-18H2,1H3. The second-order valence-electron chi connectivity index (χ2n) is 11.3. The van der Waals surface area contributed by atoms with E-state index in [1.165, 1.54) is 10.4 Å². The summed E-state index contributed by atoms with van der Waals surface area (Å²) in [5.41, 5.74) is 2.29. The van der Waals surface area contributed by atoms with Crippen LogP contribution in [-0.4, -0.2) is 74.7 Å². The summed E-state index contributed by atoms with van der Waals surface area (Å²) in [5, 5.41) is 0. The molecular weight excluding hydrogens is 519 g/mol. The third kappa shape index (κ3) is 4.93. The molecule has 0 radical (unpaired) electrons. The number of para-hydroxylation sites is 1. The van der Waals surface area contributed by atoms with Crippen molar-refractivity contribution in [2.75, 3.05) is 49.1 Å². The number of halogens is 1. The Morgan fingerprint density at radius 3 is 2.15 bits per heavy atom. The van der Waals surface area contributed by atoms with E-state index < -0.39 is 10.0 Å². The van der Waals surface area contributed by atoms with Crippen LogP contribution in [-0.2, 0) is 26.0 Å². The molecule has 1 atom stereocenters. The van der Waals surface area contributed by atoms with Gasteiger partial charge in [-0.1, -0.05) is 12.1 Å². The summed E-state index contributed by atoms with van der Waals surface area (Å²) in [5.74, 6) is -0.141. The van der Waals surface area contributed by atoms with Crippen molar-refractivity contribution in [1.82, 2.24) is 9.21 Å². The van der Waals surface area contributed by atoms with Crippen LogP contribution in [0.5, 0.6) is 0 Å². The number of nitrogens with zero attached hydrogens (tertiary/aromatic N) is 4. The quantitative estimate of drug-likeness (QED) is 0.567. The van der Waals surface area contributed by atoms with Crippen molar-refractivity contribution in [3.8, 4) is 0 Å². The molecule has 39 heavy (non-hydrogen) atoms.